The van der Waals surface area contributed by atoms with Crippen molar-refractivity contribution < 1.29 is 9.53 Å². The molecule has 0 aromatic heterocycles. The number of alkyl halides is 1. The van der Waals surface area contributed by atoms with E-state index in [0.29, 0.717) is 5.92 Å². The highest BCUT2D eigenvalue weighted by Gasteiger charge is 2.67. The number of thioether (sulfide) groups is 1. The van der Waals surface area contributed by atoms with Crippen molar-refractivity contribution in [2.24, 2.45) is 17.8 Å². The second-order valence-electron chi connectivity index (χ2n) is 5.88. The normalized spacial score (nSPS) is 41.0. The van der Waals surface area contributed by atoms with Crippen LogP contribution < -0.4 is 0 Å². The quantitative estimate of drug-likeness (QED) is 0.473. The van der Waals surface area contributed by atoms with Gasteiger partial charge in [-0.2, -0.15) is 0 Å². The number of aryl methyl sites for hydroxylation is 1. The maximum atomic E-state index is 12.0. The summed E-state index contributed by atoms with van der Waals surface area (Å²) in [4.78, 5) is 12.6. The lowest BCUT2D eigenvalue weighted by atomic mass is 9.89. The van der Waals surface area contributed by atoms with Gasteiger partial charge in [0.15, 0.2) is 4.93 Å². The van der Waals surface area contributed by atoms with Crippen LogP contribution in [0.25, 0.3) is 0 Å². The molecule has 0 radical (unpaired) electrons. The average molecular weight is 307 g/mol. The van der Waals surface area contributed by atoms with Crippen LogP contribution >= 0.6 is 23.4 Å². The molecule has 1 aromatic carbocycles. The van der Waals surface area contributed by atoms with E-state index < -0.39 is 10.3 Å². The lowest BCUT2D eigenvalue weighted by molar-refractivity contribution is -0.144. The minimum absolute atomic E-state index is 0.0953. The van der Waals surface area contributed by atoms with Gasteiger partial charge in [-0.05, 0) is 31.4 Å². The van der Waals surface area contributed by atoms with Gasteiger partial charge in [-0.15, -0.1) is 11.6 Å². The predicted octanol–water partition coefficient (Wildman–Crippen LogP) is 3.77. The average Bonchev–Trinajstić information content (AvgIpc) is 3.06. The summed E-state index contributed by atoms with van der Waals surface area (Å²) in [5.74, 6) is 0.510. The SMILES string of the molecule is Cc1ccc(S[C@]23OC(=O)[C@@H](Cl)[C@H]2[C@H]2C=C[C@@H]3C2)cc1. The van der Waals surface area contributed by atoms with Crippen LogP contribution in [-0.4, -0.2) is 16.3 Å². The highest BCUT2D eigenvalue weighted by molar-refractivity contribution is 8.00. The predicted molar refractivity (Wildman–Crippen MR) is 79.7 cm³/mol. The van der Waals surface area contributed by atoms with Gasteiger partial charge in [-0.25, -0.2) is 0 Å². The van der Waals surface area contributed by atoms with Crippen molar-refractivity contribution in [2.45, 2.75) is 28.6 Å². The largest absolute Gasteiger partial charge is 0.445 e. The van der Waals surface area contributed by atoms with E-state index in [1.165, 1.54) is 5.56 Å². The van der Waals surface area contributed by atoms with Gasteiger partial charge < -0.3 is 4.74 Å². The molecule has 2 fully saturated rings. The van der Waals surface area contributed by atoms with Gasteiger partial charge in [-0.3, -0.25) is 4.79 Å². The van der Waals surface area contributed by atoms with Crippen molar-refractivity contribution in [3.8, 4) is 0 Å². The molecule has 0 spiro atoms. The third-order valence-electron chi connectivity index (χ3n) is 4.66. The Morgan fingerprint density at radius 2 is 2.05 bits per heavy atom. The first-order valence-corrected chi connectivity index (χ1v) is 8.16. The maximum absolute atomic E-state index is 12.0. The number of halogens is 1. The molecule has 4 rings (SSSR count). The van der Waals surface area contributed by atoms with E-state index >= 15 is 0 Å². The van der Waals surface area contributed by atoms with Crippen LogP contribution in [0.1, 0.15) is 12.0 Å². The summed E-state index contributed by atoms with van der Waals surface area (Å²) in [6.45, 7) is 2.07. The molecule has 4 heteroatoms. The number of allylic oxidation sites excluding steroid dienone is 1. The summed E-state index contributed by atoms with van der Waals surface area (Å²) in [5, 5.41) is -0.507. The molecular formula is C16H15ClO2S. The lowest BCUT2D eigenvalue weighted by Crippen LogP contribution is -2.37. The van der Waals surface area contributed by atoms with Gasteiger partial charge >= 0.3 is 5.97 Å². The summed E-state index contributed by atoms with van der Waals surface area (Å²) < 4.78 is 5.79. The number of benzene rings is 1. The lowest BCUT2D eigenvalue weighted by Gasteiger charge is -2.34. The summed E-state index contributed by atoms with van der Waals surface area (Å²) in [6.07, 6.45) is 5.46. The molecule has 2 nitrogen and oxygen atoms in total. The molecule has 0 amide bonds. The molecule has 1 heterocycles. The van der Waals surface area contributed by atoms with Crippen molar-refractivity contribution in [3.05, 3.63) is 42.0 Å². The number of esters is 1. The number of carbonyl (C=O) groups excluding carboxylic acids is 1. The summed E-state index contributed by atoms with van der Waals surface area (Å²) in [5.41, 5.74) is 1.23. The molecule has 20 heavy (non-hydrogen) atoms. The standard InChI is InChI=1S/C16H15ClO2S/c1-9-2-6-12(7-3-9)20-16-11-5-4-10(8-11)13(16)14(17)15(18)19-16/h2-7,10-11,13-14H,8H2,1H3/t10-,11+,13+,14-,16-/m0/s1. The van der Waals surface area contributed by atoms with E-state index in [1.54, 1.807) is 11.8 Å². The third kappa shape index (κ3) is 1.63. The van der Waals surface area contributed by atoms with Crippen LogP contribution in [0, 0.1) is 24.7 Å². The Hall–Kier alpha value is -0.930. The monoisotopic (exact) mass is 306 g/mol. The van der Waals surface area contributed by atoms with Crippen molar-refractivity contribution >= 4 is 29.3 Å². The van der Waals surface area contributed by atoms with Crippen molar-refractivity contribution in [2.75, 3.05) is 0 Å². The first-order valence-electron chi connectivity index (χ1n) is 6.91. The van der Waals surface area contributed by atoms with Crippen molar-refractivity contribution in [1.29, 1.82) is 0 Å². The minimum atomic E-state index is -0.507. The van der Waals surface area contributed by atoms with E-state index in [-0.39, 0.29) is 17.8 Å². The van der Waals surface area contributed by atoms with Crippen LogP contribution in [-0.2, 0) is 9.53 Å². The van der Waals surface area contributed by atoms with Gasteiger partial charge in [-0.1, -0.05) is 41.6 Å². The Bertz CT molecular complexity index is 595. The fraction of sp³-hybridized carbons (Fsp3) is 0.438. The van der Waals surface area contributed by atoms with Gasteiger partial charge in [0.2, 0.25) is 0 Å². The van der Waals surface area contributed by atoms with Crippen LogP contribution in [0.15, 0.2) is 41.3 Å². The summed E-state index contributed by atoms with van der Waals surface area (Å²) in [7, 11) is 0. The molecule has 3 aliphatic rings. The Labute approximate surface area is 127 Å². The fourth-order valence-electron chi connectivity index (χ4n) is 3.72. The van der Waals surface area contributed by atoms with Gasteiger partial charge in [0.25, 0.3) is 0 Å². The van der Waals surface area contributed by atoms with Gasteiger partial charge in [0.05, 0.1) is 0 Å². The molecule has 1 aromatic rings. The van der Waals surface area contributed by atoms with E-state index in [4.69, 9.17) is 16.3 Å². The highest BCUT2D eigenvalue weighted by Crippen LogP contribution is 2.64. The minimum Gasteiger partial charge on any atom is -0.445 e. The Morgan fingerprint density at radius 1 is 1.30 bits per heavy atom. The van der Waals surface area contributed by atoms with Crippen LogP contribution in [0.2, 0.25) is 0 Å². The number of hydrogen-bond acceptors (Lipinski definition) is 3. The molecule has 0 unspecified atom stereocenters. The fourth-order valence-corrected chi connectivity index (χ4v) is 5.75. The van der Waals surface area contributed by atoms with Gasteiger partial charge in [0.1, 0.15) is 5.38 Å². The number of ether oxygens (including phenoxy) is 1. The first-order chi connectivity index (χ1) is 9.60. The molecule has 104 valence electrons. The van der Waals surface area contributed by atoms with E-state index in [2.05, 4.69) is 43.3 Å². The number of rotatable bonds is 2. The molecule has 1 saturated heterocycles. The van der Waals surface area contributed by atoms with E-state index in [9.17, 15) is 4.79 Å². The van der Waals surface area contributed by atoms with Gasteiger partial charge in [0, 0.05) is 16.7 Å². The Balaban J connectivity index is 1.72. The van der Waals surface area contributed by atoms with E-state index in [1.807, 2.05) is 0 Å². The second kappa shape index (κ2) is 4.28. The smallest absolute Gasteiger partial charge is 0.325 e. The maximum Gasteiger partial charge on any atom is 0.325 e. The molecule has 2 aliphatic carbocycles. The molecular weight excluding hydrogens is 292 g/mol. The molecule has 1 aliphatic heterocycles. The van der Waals surface area contributed by atoms with E-state index in [0.717, 1.165) is 11.3 Å². The van der Waals surface area contributed by atoms with Crippen LogP contribution in [0.4, 0.5) is 0 Å². The van der Waals surface area contributed by atoms with Crippen molar-refractivity contribution in [3.63, 3.8) is 0 Å². The number of fused-ring (bicyclic) bond motifs is 5. The zero-order valence-corrected chi connectivity index (χ0v) is 12.7. The Kier molecular flexibility index (Phi) is 2.74. The molecule has 1 saturated carbocycles. The second-order valence-corrected chi connectivity index (χ2v) is 7.66. The number of carbonyl (C=O) groups is 1. The summed E-state index contributed by atoms with van der Waals surface area (Å²) >= 11 is 7.99. The van der Waals surface area contributed by atoms with Crippen LogP contribution in [0.5, 0.6) is 0 Å². The van der Waals surface area contributed by atoms with Crippen molar-refractivity contribution in [1.82, 2.24) is 0 Å². The Morgan fingerprint density at radius 3 is 2.80 bits per heavy atom. The molecule has 2 bridgehead atoms. The highest BCUT2D eigenvalue weighted by atomic mass is 35.5. The molecule has 5 atom stereocenters. The zero-order valence-electron chi connectivity index (χ0n) is 11.1. The third-order valence-corrected chi connectivity index (χ3v) is 6.59. The molecule has 0 N–H and O–H groups in total. The first kappa shape index (κ1) is 12.8. The number of hydrogen-bond donors (Lipinski definition) is 0. The van der Waals surface area contributed by atoms with Crippen LogP contribution in [0.3, 0.4) is 0 Å². The zero-order chi connectivity index (χ0) is 13.9. The topological polar surface area (TPSA) is 26.3 Å². The summed E-state index contributed by atoms with van der Waals surface area (Å²) in [6, 6.07) is 8.37.